The number of aromatic nitrogens is 2. The molecule has 2 rings (SSSR count). The number of rotatable bonds is 4. The van der Waals surface area contributed by atoms with Gasteiger partial charge in [-0.25, -0.2) is 0 Å². The highest BCUT2D eigenvalue weighted by atomic mass is 32.1. The van der Waals surface area contributed by atoms with Crippen LogP contribution >= 0.6 is 11.3 Å². The number of anilines is 1. The highest BCUT2D eigenvalue weighted by Crippen LogP contribution is 2.20. The SMILES string of the molecule is Cc1cccc(C(=O)Nc2nnc(CC(C)C)s2)c1C. The molecular weight excluding hydrogens is 270 g/mol. The first-order valence-corrected chi connectivity index (χ1v) is 7.49. The van der Waals surface area contributed by atoms with E-state index >= 15 is 0 Å². The number of nitrogens with one attached hydrogen (secondary N) is 1. The summed E-state index contributed by atoms with van der Waals surface area (Å²) in [6, 6.07) is 5.72. The molecule has 1 N–H and O–H groups in total. The minimum absolute atomic E-state index is 0.126. The van der Waals surface area contributed by atoms with Crippen molar-refractivity contribution in [2.45, 2.75) is 34.1 Å². The van der Waals surface area contributed by atoms with Crippen LogP contribution in [0.3, 0.4) is 0 Å². The molecule has 4 nitrogen and oxygen atoms in total. The highest BCUT2D eigenvalue weighted by molar-refractivity contribution is 7.15. The maximum atomic E-state index is 12.2. The second-order valence-electron chi connectivity index (χ2n) is 5.30. The second-order valence-corrected chi connectivity index (χ2v) is 6.36. The van der Waals surface area contributed by atoms with Crippen LogP contribution in [-0.2, 0) is 6.42 Å². The molecule has 0 saturated carbocycles. The Hall–Kier alpha value is -1.75. The summed E-state index contributed by atoms with van der Waals surface area (Å²) in [7, 11) is 0. The van der Waals surface area contributed by atoms with Gasteiger partial charge in [0.2, 0.25) is 5.13 Å². The highest BCUT2D eigenvalue weighted by Gasteiger charge is 2.13. The quantitative estimate of drug-likeness (QED) is 0.935. The van der Waals surface area contributed by atoms with E-state index in [9.17, 15) is 4.79 Å². The summed E-state index contributed by atoms with van der Waals surface area (Å²) >= 11 is 1.44. The van der Waals surface area contributed by atoms with Gasteiger partial charge in [-0.3, -0.25) is 10.1 Å². The summed E-state index contributed by atoms with van der Waals surface area (Å²) in [6.45, 7) is 8.22. The third-order valence-corrected chi connectivity index (χ3v) is 3.98. The third kappa shape index (κ3) is 3.42. The zero-order valence-electron chi connectivity index (χ0n) is 12.2. The average molecular weight is 289 g/mol. The Kier molecular flexibility index (Phi) is 4.49. The van der Waals surface area contributed by atoms with Crippen molar-refractivity contribution >= 4 is 22.4 Å². The molecule has 0 unspecified atom stereocenters. The van der Waals surface area contributed by atoms with Gasteiger partial charge >= 0.3 is 0 Å². The van der Waals surface area contributed by atoms with E-state index in [0.29, 0.717) is 16.6 Å². The largest absolute Gasteiger partial charge is 0.296 e. The zero-order chi connectivity index (χ0) is 14.7. The van der Waals surface area contributed by atoms with Crippen LogP contribution in [-0.4, -0.2) is 16.1 Å². The fourth-order valence-corrected chi connectivity index (χ4v) is 2.84. The Bertz CT molecular complexity index is 619. The van der Waals surface area contributed by atoms with Gasteiger partial charge in [0.25, 0.3) is 5.91 Å². The maximum Gasteiger partial charge on any atom is 0.257 e. The zero-order valence-corrected chi connectivity index (χ0v) is 13.0. The number of hydrogen-bond donors (Lipinski definition) is 1. The van der Waals surface area contributed by atoms with Gasteiger partial charge in [-0.15, -0.1) is 10.2 Å². The van der Waals surface area contributed by atoms with Crippen molar-refractivity contribution in [3.63, 3.8) is 0 Å². The normalized spacial score (nSPS) is 10.8. The minimum atomic E-state index is -0.126. The van der Waals surface area contributed by atoms with Gasteiger partial charge < -0.3 is 0 Å². The van der Waals surface area contributed by atoms with Crippen LogP contribution in [0.25, 0.3) is 0 Å². The fraction of sp³-hybridized carbons (Fsp3) is 0.400. The molecule has 0 saturated heterocycles. The molecule has 1 aromatic carbocycles. The minimum Gasteiger partial charge on any atom is -0.296 e. The lowest BCUT2D eigenvalue weighted by atomic mass is 10.0. The Balaban J connectivity index is 2.11. The van der Waals surface area contributed by atoms with Crippen LogP contribution in [0.15, 0.2) is 18.2 Å². The molecular formula is C15H19N3OS. The van der Waals surface area contributed by atoms with E-state index in [1.807, 2.05) is 32.0 Å². The Morgan fingerprint density at radius 1 is 1.30 bits per heavy atom. The number of carbonyl (C=O) groups excluding carboxylic acids is 1. The molecule has 0 bridgehead atoms. The van der Waals surface area contributed by atoms with E-state index in [2.05, 4.69) is 29.4 Å². The number of aryl methyl sites for hydroxylation is 1. The monoisotopic (exact) mass is 289 g/mol. The fourth-order valence-electron chi connectivity index (χ4n) is 1.90. The van der Waals surface area contributed by atoms with E-state index in [1.165, 1.54) is 11.3 Å². The number of benzene rings is 1. The van der Waals surface area contributed by atoms with Crippen molar-refractivity contribution in [2.75, 3.05) is 5.32 Å². The predicted octanol–water partition coefficient (Wildman–Crippen LogP) is 3.61. The molecule has 0 aliphatic rings. The van der Waals surface area contributed by atoms with E-state index in [-0.39, 0.29) is 5.91 Å². The number of nitrogens with zero attached hydrogens (tertiary/aromatic N) is 2. The van der Waals surface area contributed by atoms with Crippen molar-refractivity contribution < 1.29 is 4.79 Å². The van der Waals surface area contributed by atoms with Crippen LogP contribution in [0, 0.1) is 19.8 Å². The van der Waals surface area contributed by atoms with Crippen molar-refractivity contribution in [2.24, 2.45) is 5.92 Å². The summed E-state index contributed by atoms with van der Waals surface area (Å²) in [5, 5.41) is 12.5. The first kappa shape index (κ1) is 14.7. The second kappa shape index (κ2) is 6.13. The van der Waals surface area contributed by atoms with Crippen molar-refractivity contribution in [1.82, 2.24) is 10.2 Å². The van der Waals surface area contributed by atoms with Crippen LogP contribution in [0.5, 0.6) is 0 Å². The third-order valence-electron chi connectivity index (χ3n) is 3.12. The Morgan fingerprint density at radius 2 is 2.05 bits per heavy atom. The van der Waals surface area contributed by atoms with Gasteiger partial charge in [0.15, 0.2) is 0 Å². The summed E-state index contributed by atoms with van der Waals surface area (Å²) in [5.41, 5.74) is 2.79. The average Bonchev–Trinajstić information content (AvgIpc) is 2.79. The molecule has 0 radical (unpaired) electrons. The lowest BCUT2D eigenvalue weighted by Gasteiger charge is -2.07. The molecule has 0 fully saturated rings. The van der Waals surface area contributed by atoms with E-state index in [4.69, 9.17) is 0 Å². The van der Waals surface area contributed by atoms with E-state index in [1.54, 1.807) is 0 Å². The molecule has 0 spiro atoms. The summed E-state index contributed by atoms with van der Waals surface area (Å²) in [6.07, 6.45) is 0.886. The summed E-state index contributed by atoms with van der Waals surface area (Å²) in [5.74, 6) is 0.406. The molecule has 0 aliphatic carbocycles. The molecule has 1 amide bonds. The van der Waals surface area contributed by atoms with Crippen LogP contribution in [0.4, 0.5) is 5.13 Å². The Labute approximate surface area is 123 Å². The molecule has 0 aliphatic heterocycles. The van der Waals surface area contributed by atoms with Crippen LogP contribution in [0.1, 0.15) is 40.3 Å². The first-order chi connectivity index (χ1) is 9.47. The maximum absolute atomic E-state index is 12.2. The van der Waals surface area contributed by atoms with Gasteiger partial charge in [0.05, 0.1) is 0 Å². The number of hydrogen-bond acceptors (Lipinski definition) is 4. The molecule has 1 heterocycles. The van der Waals surface area contributed by atoms with E-state index in [0.717, 1.165) is 22.6 Å². The van der Waals surface area contributed by atoms with Gasteiger partial charge in [-0.2, -0.15) is 0 Å². The van der Waals surface area contributed by atoms with Gasteiger partial charge in [-0.05, 0) is 37.0 Å². The summed E-state index contributed by atoms with van der Waals surface area (Å²) < 4.78 is 0. The first-order valence-electron chi connectivity index (χ1n) is 6.67. The number of amides is 1. The molecule has 5 heteroatoms. The van der Waals surface area contributed by atoms with Gasteiger partial charge in [0, 0.05) is 12.0 Å². The standard InChI is InChI=1S/C15H19N3OS/c1-9(2)8-13-17-18-15(20-13)16-14(19)12-7-5-6-10(3)11(12)4/h5-7,9H,8H2,1-4H3,(H,16,18,19). The molecule has 20 heavy (non-hydrogen) atoms. The van der Waals surface area contributed by atoms with E-state index < -0.39 is 0 Å². The molecule has 2 aromatic rings. The lowest BCUT2D eigenvalue weighted by Crippen LogP contribution is -2.13. The topological polar surface area (TPSA) is 54.9 Å². The van der Waals surface area contributed by atoms with Crippen molar-refractivity contribution in [3.05, 3.63) is 39.9 Å². The Morgan fingerprint density at radius 3 is 2.75 bits per heavy atom. The predicted molar refractivity (Wildman–Crippen MR) is 82.3 cm³/mol. The van der Waals surface area contributed by atoms with Gasteiger partial charge in [0.1, 0.15) is 5.01 Å². The molecule has 0 atom stereocenters. The number of carbonyl (C=O) groups is 1. The molecule has 106 valence electrons. The van der Waals surface area contributed by atoms with Crippen LogP contribution in [0.2, 0.25) is 0 Å². The van der Waals surface area contributed by atoms with Crippen molar-refractivity contribution in [1.29, 1.82) is 0 Å². The smallest absolute Gasteiger partial charge is 0.257 e. The van der Waals surface area contributed by atoms with Crippen molar-refractivity contribution in [3.8, 4) is 0 Å². The van der Waals surface area contributed by atoms with Crippen LogP contribution < -0.4 is 5.32 Å². The lowest BCUT2D eigenvalue weighted by molar-refractivity contribution is 0.102. The van der Waals surface area contributed by atoms with Gasteiger partial charge in [-0.1, -0.05) is 37.3 Å². The summed E-state index contributed by atoms with van der Waals surface area (Å²) in [4.78, 5) is 12.2. The molecule has 1 aromatic heterocycles.